The standard InChI is InChI=1S/C31H34ClN3O7S/c1-6-42-21-10-14-26-24(18-21)31(5,23-17-20(9-13-25(23)32)27(37)33-15-16-36)29(39)35(26)43(40,41)22-11-7-19(8-12-22)28(38)34-30(2,3)4/h7-14,17-18,36H,6,15-16H2,1-5H3,(H,33,37)(H,34,38). The number of halogens is 1. The van der Waals surface area contributed by atoms with Gasteiger partial charge in [0.15, 0.2) is 0 Å². The fraction of sp³-hybridized carbons (Fsp3) is 0.323. The van der Waals surface area contributed by atoms with Gasteiger partial charge in [0, 0.05) is 33.8 Å². The number of aliphatic hydroxyl groups is 1. The molecule has 1 aliphatic rings. The van der Waals surface area contributed by atoms with Crippen molar-refractivity contribution in [1.82, 2.24) is 10.6 Å². The molecule has 3 amide bonds. The normalized spacial score (nSPS) is 16.5. The van der Waals surface area contributed by atoms with Gasteiger partial charge in [-0.05, 0) is 101 Å². The lowest BCUT2D eigenvalue weighted by Crippen LogP contribution is -2.42. The molecule has 3 aromatic rings. The Bertz CT molecular complexity index is 1680. The summed E-state index contributed by atoms with van der Waals surface area (Å²) in [6, 6.07) is 14.4. The highest BCUT2D eigenvalue weighted by molar-refractivity contribution is 7.93. The van der Waals surface area contributed by atoms with Crippen molar-refractivity contribution >= 4 is 45.0 Å². The number of nitrogens with one attached hydrogen (secondary N) is 2. The minimum absolute atomic E-state index is 0.0240. The van der Waals surface area contributed by atoms with Gasteiger partial charge < -0.3 is 20.5 Å². The zero-order valence-corrected chi connectivity index (χ0v) is 26.1. The molecule has 0 bridgehead atoms. The summed E-state index contributed by atoms with van der Waals surface area (Å²) in [7, 11) is -4.47. The van der Waals surface area contributed by atoms with Gasteiger partial charge in [0.1, 0.15) is 11.2 Å². The van der Waals surface area contributed by atoms with E-state index in [4.69, 9.17) is 21.4 Å². The van der Waals surface area contributed by atoms with Gasteiger partial charge in [-0.25, -0.2) is 12.7 Å². The van der Waals surface area contributed by atoms with E-state index in [0.717, 1.165) is 4.31 Å². The number of fused-ring (bicyclic) bond motifs is 1. The van der Waals surface area contributed by atoms with E-state index in [2.05, 4.69) is 10.6 Å². The van der Waals surface area contributed by atoms with Gasteiger partial charge >= 0.3 is 0 Å². The molecule has 0 spiro atoms. The molecule has 3 N–H and O–H groups in total. The van der Waals surface area contributed by atoms with Crippen LogP contribution in [0.5, 0.6) is 5.75 Å². The molecule has 0 aromatic heterocycles. The number of anilines is 1. The van der Waals surface area contributed by atoms with Crippen LogP contribution in [0.2, 0.25) is 5.02 Å². The zero-order chi connectivity index (χ0) is 31.7. The van der Waals surface area contributed by atoms with Gasteiger partial charge in [-0.3, -0.25) is 14.4 Å². The number of nitrogens with zero attached hydrogens (tertiary/aromatic N) is 1. The quantitative estimate of drug-likeness (QED) is 0.325. The van der Waals surface area contributed by atoms with Crippen molar-refractivity contribution in [2.75, 3.05) is 24.1 Å². The monoisotopic (exact) mass is 627 g/mol. The molecule has 43 heavy (non-hydrogen) atoms. The number of carbonyl (C=O) groups is 3. The van der Waals surface area contributed by atoms with E-state index >= 15 is 0 Å². The number of rotatable bonds is 9. The summed E-state index contributed by atoms with van der Waals surface area (Å²) in [5.41, 5.74) is -1.04. The second-order valence-corrected chi connectivity index (χ2v) is 13.4. The molecule has 1 aliphatic heterocycles. The van der Waals surface area contributed by atoms with Gasteiger partial charge in [-0.15, -0.1) is 0 Å². The van der Waals surface area contributed by atoms with E-state index in [9.17, 15) is 22.8 Å². The fourth-order valence-corrected chi connectivity index (χ4v) is 6.71. The first-order chi connectivity index (χ1) is 20.1. The molecule has 0 saturated heterocycles. The number of benzene rings is 3. The molecule has 0 fully saturated rings. The van der Waals surface area contributed by atoms with E-state index in [1.165, 1.54) is 48.5 Å². The van der Waals surface area contributed by atoms with E-state index < -0.39 is 32.8 Å². The van der Waals surface area contributed by atoms with Gasteiger partial charge in [0.25, 0.3) is 27.7 Å². The van der Waals surface area contributed by atoms with Crippen LogP contribution in [0, 0.1) is 0 Å². The molecule has 0 saturated carbocycles. The number of sulfonamides is 1. The molecule has 4 rings (SSSR count). The minimum Gasteiger partial charge on any atom is -0.494 e. The summed E-state index contributed by atoms with van der Waals surface area (Å²) in [6.07, 6.45) is 0. The minimum atomic E-state index is -4.47. The average molecular weight is 628 g/mol. The second kappa shape index (κ2) is 12.0. The van der Waals surface area contributed by atoms with Crippen LogP contribution in [-0.4, -0.2) is 56.5 Å². The molecule has 0 radical (unpaired) electrons. The lowest BCUT2D eigenvalue weighted by atomic mass is 9.76. The molecular weight excluding hydrogens is 594 g/mol. The van der Waals surface area contributed by atoms with Crippen molar-refractivity contribution in [3.05, 3.63) is 87.9 Å². The number of aliphatic hydroxyl groups excluding tert-OH is 1. The smallest absolute Gasteiger partial charge is 0.270 e. The molecule has 1 heterocycles. The third kappa shape index (κ3) is 6.11. The molecular formula is C31H34ClN3O7S. The van der Waals surface area contributed by atoms with Crippen LogP contribution in [0.4, 0.5) is 5.69 Å². The third-order valence-electron chi connectivity index (χ3n) is 6.96. The second-order valence-electron chi connectivity index (χ2n) is 11.2. The Hall–Kier alpha value is -3.93. The average Bonchev–Trinajstić information content (AvgIpc) is 3.18. The maximum absolute atomic E-state index is 14.4. The topological polar surface area (TPSA) is 142 Å². The molecule has 0 aliphatic carbocycles. The van der Waals surface area contributed by atoms with Crippen molar-refractivity contribution in [1.29, 1.82) is 0 Å². The van der Waals surface area contributed by atoms with Crippen LogP contribution in [0.15, 0.2) is 65.6 Å². The van der Waals surface area contributed by atoms with Gasteiger partial charge in [0.05, 0.1) is 23.8 Å². The summed E-state index contributed by atoms with van der Waals surface area (Å²) in [5.74, 6) is -1.25. The number of amides is 3. The highest BCUT2D eigenvalue weighted by Gasteiger charge is 2.54. The van der Waals surface area contributed by atoms with Crippen molar-refractivity contribution in [2.24, 2.45) is 0 Å². The highest BCUT2D eigenvalue weighted by Crippen LogP contribution is 2.51. The van der Waals surface area contributed by atoms with Crippen LogP contribution < -0.4 is 19.7 Å². The van der Waals surface area contributed by atoms with Crippen molar-refractivity contribution in [3.8, 4) is 5.75 Å². The van der Waals surface area contributed by atoms with Gasteiger partial charge in [-0.2, -0.15) is 0 Å². The summed E-state index contributed by atoms with van der Waals surface area (Å²) in [5, 5.41) is 14.6. The van der Waals surface area contributed by atoms with Gasteiger partial charge in [0.2, 0.25) is 0 Å². The maximum atomic E-state index is 14.4. The first-order valence-electron chi connectivity index (χ1n) is 13.6. The highest BCUT2D eigenvalue weighted by atomic mass is 35.5. The van der Waals surface area contributed by atoms with Crippen molar-refractivity contribution in [2.45, 2.75) is 50.5 Å². The van der Waals surface area contributed by atoms with Crippen LogP contribution >= 0.6 is 11.6 Å². The van der Waals surface area contributed by atoms with Crippen LogP contribution in [0.1, 0.15) is 66.5 Å². The predicted octanol–water partition coefficient (Wildman–Crippen LogP) is 4.03. The Balaban J connectivity index is 1.84. The first-order valence-corrected chi connectivity index (χ1v) is 15.5. The van der Waals surface area contributed by atoms with Crippen LogP contribution in [-0.2, 0) is 20.2 Å². The summed E-state index contributed by atoms with van der Waals surface area (Å²) >= 11 is 6.62. The Labute approximate surface area is 256 Å². The molecule has 12 heteroatoms. The molecule has 1 unspecified atom stereocenters. The van der Waals surface area contributed by atoms with Crippen LogP contribution in [0.3, 0.4) is 0 Å². The molecule has 228 valence electrons. The lowest BCUT2D eigenvalue weighted by molar-refractivity contribution is -0.120. The third-order valence-corrected chi connectivity index (χ3v) is 9.00. The van der Waals surface area contributed by atoms with E-state index in [1.54, 1.807) is 26.0 Å². The SMILES string of the molecule is CCOc1ccc2c(c1)C(C)(c1cc(C(=O)NCCO)ccc1Cl)C(=O)N2S(=O)(=O)c1ccc(C(=O)NC(C)(C)C)cc1. The van der Waals surface area contributed by atoms with E-state index in [1.807, 2.05) is 20.8 Å². The predicted molar refractivity (Wildman–Crippen MR) is 163 cm³/mol. The molecule has 10 nitrogen and oxygen atoms in total. The molecule has 1 atom stereocenters. The Kier molecular flexibility index (Phi) is 8.92. The van der Waals surface area contributed by atoms with Crippen molar-refractivity contribution in [3.63, 3.8) is 0 Å². The number of carbonyl (C=O) groups excluding carboxylic acids is 3. The molecule has 3 aromatic carbocycles. The summed E-state index contributed by atoms with van der Waals surface area (Å²) in [6.45, 7) is 8.94. The number of hydrogen-bond donors (Lipinski definition) is 3. The van der Waals surface area contributed by atoms with Crippen LogP contribution in [0.25, 0.3) is 0 Å². The van der Waals surface area contributed by atoms with E-state index in [0.29, 0.717) is 17.9 Å². The Morgan fingerprint density at radius 2 is 1.63 bits per heavy atom. The Morgan fingerprint density at radius 3 is 2.23 bits per heavy atom. The zero-order valence-electron chi connectivity index (χ0n) is 24.5. The largest absolute Gasteiger partial charge is 0.494 e. The van der Waals surface area contributed by atoms with E-state index in [-0.39, 0.29) is 51.4 Å². The lowest BCUT2D eigenvalue weighted by Gasteiger charge is -2.26. The number of hydrogen-bond acceptors (Lipinski definition) is 7. The summed E-state index contributed by atoms with van der Waals surface area (Å²) < 4.78 is 34.6. The van der Waals surface area contributed by atoms with Gasteiger partial charge in [-0.1, -0.05) is 11.6 Å². The maximum Gasteiger partial charge on any atom is 0.270 e. The Morgan fingerprint density at radius 1 is 0.977 bits per heavy atom. The van der Waals surface area contributed by atoms with Crippen molar-refractivity contribution < 1.29 is 32.6 Å². The summed E-state index contributed by atoms with van der Waals surface area (Å²) in [4.78, 5) is 39.5. The fourth-order valence-electron chi connectivity index (χ4n) is 4.89. The number of ether oxygens (including phenoxy) is 1. The first kappa shape index (κ1) is 32.0.